The van der Waals surface area contributed by atoms with Crippen LogP contribution in [0.25, 0.3) is 10.9 Å². The first kappa shape index (κ1) is 14.2. The zero-order valence-electron chi connectivity index (χ0n) is 12.2. The summed E-state index contributed by atoms with van der Waals surface area (Å²) >= 11 is 0. The molecule has 112 valence electrons. The normalized spacial score (nSPS) is 20.0. The standard InChI is InChI=1S/C16H22N4O/c17-16-13-6-1-2-7-14(13)18-15(19-16)11-20-9-4-3-5-12(20)8-10-21/h1-2,6-7,12,21H,3-5,8-11H2,(H2,17,18,19). The van der Waals surface area contributed by atoms with Crippen molar-refractivity contribution in [3.05, 3.63) is 30.1 Å². The summed E-state index contributed by atoms with van der Waals surface area (Å²) in [6.07, 6.45) is 4.40. The predicted octanol–water partition coefficient (Wildman–Crippen LogP) is 1.95. The third-order valence-corrected chi connectivity index (χ3v) is 4.23. The number of rotatable bonds is 4. The van der Waals surface area contributed by atoms with Crippen LogP contribution in [0.2, 0.25) is 0 Å². The molecule has 0 amide bonds. The van der Waals surface area contributed by atoms with Crippen LogP contribution in [-0.4, -0.2) is 39.2 Å². The second-order valence-corrected chi connectivity index (χ2v) is 5.67. The number of aromatic nitrogens is 2. The Bertz CT molecular complexity index is 614. The van der Waals surface area contributed by atoms with Crippen LogP contribution < -0.4 is 5.73 Å². The van der Waals surface area contributed by atoms with Gasteiger partial charge in [-0.1, -0.05) is 18.6 Å². The summed E-state index contributed by atoms with van der Waals surface area (Å²) in [6.45, 7) is 1.99. The molecular formula is C16H22N4O. The van der Waals surface area contributed by atoms with Gasteiger partial charge in [-0.2, -0.15) is 0 Å². The molecule has 5 heteroatoms. The van der Waals surface area contributed by atoms with Crippen LogP contribution in [0, 0.1) is 0 Å². The maximum Gasteiger partial charge on any atom is 0.145 e. The van der Waals surface area contributed by atoms with E-state index < -0.39 is 0 Å². The van der Waals surface area contributed by atoms with Crippen molar-refractivity contribution < 1.29 is 5.11 Å². The highest BCUT2D eigenvalue weighted by atomic mass is 16.3. The number of likely N-dealkylation sites (tertiary alicyclic amines) is 1. The zero-order valence-corrected chi connectivity index (χ0v) is 12.2. The highest BCUT2D eigenvalue weighted by molar-refractivity contribution is 5.87. The summed E-state index contributed by atoms with van der Waals surface area (Å²) in [4.78, 5) is 11.5. The maximum absolute atomic E-state index is 9.21. The van der Waals surface area contributed by atoms with E-state index in [1.807, 2.05) is 24.3 Å². The molecule has 1 saturated heterocycles. The molecule has 2 aromatic rings. The monoisotopic (exact) mass is 286 g/mol. The van der Waals surface area contributed by atoms with Crippen molar-refractivity contribution in [2.75, 3.05) is 18.9 Å². The smallest absolute Gasteiger partial charge is 0.145 e. The molecule has 21 heavy (non-hydrogen) atoms. The van der Waals surface area contributed by atoms with E-state index >= 15 is 0 Å². The van der Waals surface area contributed by atoms with Gasteiger partial charge in [0.05, 0.1) is 12.1 Å². The van der Waals surface area contributed by atoms with Gasteiger partial charge >= 0.3 is 0 Å². The number of nitrogen functional groups attached to an aromatic ring is 1. The quantitative estimate of drug-likeness (QED) is 0.898. The van der Waals surface area contributed by atoms with Crippen molar-refractivity contribution in [2.45, 2.75) is 38.3 Å². The Kier molecular flexibility index (Phi) is 4.31. The van der Waals surface area contributed by atoms with Gasteiger partial charge in [0.25, 0.3) is 0 Å². The predicted molar refractivity (Wildman–Crippen MR) is 83.7 cm³/mol. The molecule has 0 bridgehead atoms. The number of fused-ring (bicyclic) bond motifs is 1. The molecule has 0 aliphatic carbocycles. The molecule has 3 rings (SSSR count). The molecule has 1 fully saturated rings. The SMILES string of the molecule is Nc1nc(CN2CCCCC2CCO)nc2ccccc12. The number of hydrogen-bond donors (Lipinski definition) is 2. The minimum Gasteiger partial charge on any atom is -0.396 e. The Morgan fingerprint density at radius 2 is 2.10 bits per heavy atom. The van der Waals surface area contributed by atoms with E-state index in [-0.39, 0.29) is 6.61 Å². The van der Waals surface area contributed by atoms with E-state index in [1.54, 1.807) is 0 Å². The van der Waals surface area contributed by atoms with Gasteiger partial charge in [0.1, 0.15) is 11.6 Å². The molecule has 2 heterocycles. The van der Waals surface area contributed by atoms with Crippen molar-refractivity contribution in [1.82, 2.24) is 14.9 Å². The van der Waals surface area contributed by atoms with Gasteiger partial charge in [-0.3, -0.25) is 4.90 Å². The lowest BCUT2D eigenvalue weighted by Crippen LogP contribution is -2.39. The molecular weight excluding hydrogens is 264 g/mol. The highest BCUT2D eigenvalue weighted by Crippen LogP contribution is 2.23. The first-order valence-corrected chi connectivity index (χ1v) is 7.64. The lowest BCUT2D eigenvalue weighted by atomic mass is 9.99. The Hall–Kier alpha value is -1.72. The summed E-state index contributed by atoms with van der Waals surface area (Å²) in [5.41, 5.74) is 6.94. The van der Waals surface area contributed by atoms with Gasteiger partial charge in [0, 0.05) is 18.0 Å². The molecule has 1 unspecified atom stereocenters. The number of para-hydroxylation sites is 1. The average Bonchev–Trinajstić information content (AvgIpc) is 2.50. The second kappa shape index (κ2) is 6.37. The van der Waals surface area contributed by atoms with Crippen LogP contribution in [0.5, 0.6) is 0 Å². The Balaban J connectivity index is 1.83. The van der Waals surface area contributed by atoms with Gasteiger partial charge < -0.3 is 10.8 Å². The maximum atomic E-state index is 9.21. The number of aliphatic hydroxyl groups is 1. The molecule has 1 aliphatic rings. The summed E-state index contributed by atoms with van der Waals surface area (Å²) in [5.74, 6) is 1.32. The lowest BCUT2D eigenvalue weighted by Gasteiger charge is -2.35. The molecule has 1 aromatic carbocycles. The highest BCUT2D eigenvalue weighted by Gasteiger charge is 2.23. The van der Waals surface area contributed by atoms with Gasteiger partial charge in [0.2, 0.25) is 0 Å². The van der Waals surface area contributed by atoms with Crippen molar-refractivity contribution in [3.8, 4) is 0 Å². The summed E-state index contributed by atoms with van der Waals surface area (Å²) in [7, 11) is 0. The van der Waals surface area contributed by atoms with Gasteiger partial charge in [-0.05, 0) is 37.9 Å². The molecule has 1 aromatic heterocycles. The van der Waals surface area contributed by atoms with E-state index in [1.165, 1.54) is 12.8 Å². The first-order valence-electron chi connectivity index (χ1n) is 7.64. The topological polar surface area (TPSA) is 75.3 Å². The van der Waals surface area contributed by atoms with Crippen LogP contribution in [-0.2, 0) is 6.54 Å². The van der Waals surface area contributed by atoms with Gasteiger partial charge in [0.15, 0.2) is 0 Å². The minimum absolute atomic E-state index is 0.238. The number of nitrogens with two attached hydrogens (primary N) is 1. The van der Waals surface area contributed by atoms with Gasteiger partial charge in [-0.15, -0.1) is 0 Å². The molecule has 0 spiro atoms. The Morgan fingerprint density at radius 1 is 1.24 bits per heavy atom. The van der Waals surface area contributed by atoms with Crippen LogP contribution in [0.4, 0.5) is 5.82 Å². The largest absolute Gasteiger partial charge is 0.396 e. The Morgan fingerprint density at radius 3 is 2.95 bits per heavy atom. The van der Waals surface area contributed by atoms with Gasteiger partial charge in [-0.25, -0.2) is 9.97 Å². The van der Waals surface area contributed by atoms with Crippen LogP contribution >= 0.6 is 0 Å². The van der Waals surface area contributed by atoms with E-state index in [9.17, 15) is 5.11 Å². The van der Waals surface area contributed by atoms with Crippen molar-refractivity contribution in [3.63, 3.8) is 0 Å². The van der Waals surface area contributed by atoms with Crippen molar-refractivity contribution >= 4 is 16.7 Å². The van der Waals surface area contributed by atoms with Crippen LogP contribution in [0.15, 0.2) is 24.3 Å². The number of aliphatic hydroxyl groups excluding tert-OH is 1. The number of hydrogen-bond acceptors (Lipinski definition) is 5. The second-order valence-electron chi connectivity index (χ2n) is 5.67. The van der Waals surface area contributed by atoms with Crippen LogP contribution in [0.3, 0.4) is 0 Å². The van der Waals surface area contributed by atoms with E-state index in [0.29, 0.717) is 18.4 Å². The molecule has 5 nitrogen and oxygen atoms in total. The molecule has 0 radical (unpaired) electrons. The third kappa shape index (κ3) is 3.14. The molecule has 1 atom stereocenters. The van der Waals surface area contributed by atoms with E-state index in [2.05, 4.69) is 14.9 Å². The minimum atomic E-state index is 0.238. The fraction of sp³-hybridized carbons (Fsp3) is 0.500. The van der Waals surface area contributed by atoms with Crippen LogP contribution in [0.1, 0.15) is 31.5 Å². The van der Waals surface area contributed by atoms with E-state index in [4.69, 9.17) is 5.73 Å². The third-order valence-electron chi connectivity index (χ3n) is 4.23. The lowest BCUT2D eigenvalue weighted by molar-refractivity contribution is 0.110. The van der Waals surface area contributed by atoms with Crippen molar-refractivity contribution in [2.24, 2.45) is 0 Å². The zero-order chi connectivity index (χ0) is 14.7. The number of anilines is 1. The number of piperidine rings is 1. The fourth-order valence-electron chi connectivity index (χ4n) is 3.15. The first-order chi connectivity index (χ1) is 10.3. The average molecular weight is 286 g/mol. The Labute approximate surface area is 124 Å². The molecule has 3 N–H and O–H groups in total. The molecule has 1 aliphatic heterocycles. The summed E-state index contributed by atoms with van der Waals surface area (Å²) in [5, 5.41) is 10.1. The number of nitrogens with zero attached hydrogens (tertiary/aromatic N) is 3. The fourth-order valence-corrected chi connectivity index (χ4v) is 3.15. The number of benzene rings is 1. The summed E-state index contributed by atoms with van der Waals surface area (Å²) < 4.78 is 0. The molecule has 0 saturated carbocycles. The van der Waals surface area contributed by atoms with Crippen molar-refractivity contribution in [1.29, 1.82) is 0 Å². The summed E-state index contributed by atoms with van der Waals surface area (Å²) in [6, 6.07) is 8.26. The van der Waals surface area contributed by atoms with E-state index in [0.717, 1.165) is 36.1 Å².